The number of aliphatic hydroxyl groups excluding tert-OH is 1. The van der Waals surface area contributed by atoms with Gasteiger partial charge in [-0.1, -0.05) is 12.1 Å². The van der Waals surface area contributed by atoms with Crippen LogP contribution in [0.3, 0.4) is 0 Å². The van der Waals surface area contributed by atoms with Crippen molar-refractivity contribution in [3.05, 3.63) is 28.8 Å². The Balaban J connectivity index is 2.54. The first kappa shape index (κ1) is 15.0. The Morgan fingerprint density at radius 1 is 1.11 bits per heavy atom. The van der Waals surface area contributed by atoms with Crippen molar-refractivity contribution in [2.75, 3.05) is 33.5 Å². The molecule has 0 aliphatic rings. The molecular formula is C14H23NO3. The van der Waals surface area contributed by atoms with Crippen LogP contribution >= 0.6 is 0 Å². The maximum absolute atomic E-state index is 8.58. The molecule has 102 valence electrons. The van der Waals surface area contributed by atoms with Crippen molar-refractivity contribution in [2.45, 2.75) is 20.4 Å². The van der Waals surface area contributed by atoms with Crippen LogP contribution in [0.2, 0.25) is 0 Å². The first-order valence-electron chi connectivity index (χ1n) is 6.25. The summed E-state index contributed by atoms with van der Waals surface area (Å²) in [6.45, 7) is 6.39. The van der Waals surface area contributed by atoms with Gasteiger partial charge in [-0.25, -0.2) is 0 Å². The van der Waals surface area contributed by atoms with Crippen LogP contribution < -0.4 is 10.1 Å². The van der Waals surface area contributed by atoms with Crippen LogP contribution in [-0.4, -0.2) is 38.6 Å². The molecule has 0 heterocycles. The van der Waals surface area contributed by atoms with E-state index in [4.69, 9.17) is 14.6 Å². The van der Waals surface area contributed by atoms with Crippen LogP contribution in [0.15, 0.2) is 12.1 Å². The summed E-state index contributed by atoms with van der Waals surface area (Å²) in [5.74, 6) is 0.933. The van der Waals surface area contributed by atoms with Crippen LogP contribution in [-0.2, 0) is 11.3 Å². The van der Waals surface area contributed by atoms with Gasteiger partial charge in [-0.2, -0.15) is 0 Å². The molecule has 0 saturated heterocycles. The predicted octanol–water partition coefficient (Wildman–Crippen LogP) is 1.41. The van der Waals surface area contributed by atoms with Crippen LogP contribution in [0.25, 0.3) is 0 Å². The van der Waals surface area contributed by atoms with Gasteiger partial charge in [0.2, 0.25) is 0 Å². The monoisotopic (exact) mass is 253 g/mol. The van der Waals surface area contributed by atoms with Crippen molar-refractivity contribution < 1.29 is 14.6 Å². The molecule has 0 atom stereocenters. The van der Waals surface area contributed by atoms with Crippen molar-refractivity contribution in [1.82, 2.24) is 5.32 Å². The summed E-state index contributed by atoms with van der Waals surface area (Å²) in [6, 6.07) is 4.26. The largest absolute Gasteiger partial charge is 0.491 e. The molecule has 0 aliphatic carbocycles. The summed E-state index contributed by atoms with van der Waals surface area (Å²) in [7, 11) is 1.94. The molecule has 0 fully saturated rings. The Labute approximate surface area is 109 Å². The summed E-state index contributed by atoms with van der Waals surface area (Å²) in [4.78, 5) is 0. The molecule has 0 unspecified atom stereocenters. The second kappa shape index (κ2) is 8.08. The highest BCUT2D eigenvalue weighted by atomic mass is 16.5. The SMILES string of the molecule is CNCc1cc(C)c(OCCOCCO)c(C)c1. The van der Waals surface area contributed by atoms with E-state index in [9.17, 15) is 0 Å². The molecule has 0 amide bonds. The normalized spacial score (nSPS) is 10.7. The van der Waals surface area contributed by atoms with Crippen molar-refractivity contribution in [3.8, 4) is 5.75 Å². The lowest BCUT2D eigenvalue weighted by atomic mass is 10.1. The molecule has 4 nitrogen and oxygen atoms in total. The van der Waals surface area contributed by atoms with E-state index >= 15 is 0 Å². The molecule has 0 aromatic heterocycles. The van der Waals surface area contributed by atoms with E-state index in [1.807, 2.05) is 7.05 Å². The van der Waals surface area contributed by atoms with Gasteiger partial charge in [-0.15, -0.1) is 0 Å². The minimum absolute atomic E-state index is 0.0524. The quantitative estimate of drug-likeness (QED) is 0.688. The molecule has 0 spiro atoms. The molecule has 0 bridgehead atoms. The summed E-state index contributed by atoms with van der Waals surface area (Å²) < 4.78 is 10.9. The summed E-state index contributed by atoms with van der Waals surface area (Å²) in [5.41, 5.74) is 3.54. The number of hydrogen-bond acceptors (Lipinski definition) is 4. The zero-order valence-corrected chi connectivity index (χ0v) is 11.5. The second-order valence-electron chi connectivity index (χ2n) is 4.27. The van der Waals surface area contributed by atoms with Gasteiger partial charge in [0.1, 0.15) is 12.4 Å². The molecular weight excluding hydrogens is 230 g/mol. The van der Waals surface area contributed by atoms with Gasteiger partial charge in [0.15, 0.2) is 0 Å². The smallest absolute Gasteiger partial charge is 0.125 e. The van der Waals surface area contributed by atoms with Crippen LogP contribution in [0.5, 0.6) is 5.75 Å². The van der Waals surface area contributed by atoms with Crippen LogP contribution in [0.1, 0.15) is 16.7 Å². The van der Waals surface area contributed by atoms with E-state index in [-0.39, 0.29) is 6.61 Å². The lowest BCUT2D eigenvalue weighted by Gasteiger charge is -2.14. The van der Waals surface area contributed by atoms with Gasteiger partial charge in [-0.05, 0) is 37.6 Å². The first-order chi connectivity index (χ1) is 8.69. The average molecular weight is 253 g/mol. The Morgan fingerprint density at radius 3 is 2.33 bits per heavy atom. The molecule has 0 saturated carbocycles. The number of benzene rings is 1. The highest BCUT2D eigenvalue weighted by Crippen LogP contribution is 2.24. The molecule has 1 rings (SSSR count). The van der Waals surface area contributed by atoms with E-state index in [2.05, 4.69) is 31.3 Å². The lowest BCUT2D eigenvalue weighted by Crippen LogP contribution is -2.11. The predicted molar refractivity (Wildman–Crippen MR) is 72.1 cm³/mol. The summed E-state index contributed by atoms with van der Waals surface area (Å²) in [6.07, 6.45) is 0. The highest BCUT2D eigenvalue weighted by molar-refractivity contribution is 5.43. The van der Waals surface area contributed by atoms with Crippen molar-refractivity contribution in [2.24, 2.45) is 0 Å². The summed E-state index contributed by atoms with van der Waals surface area (Å²) in [5, 5.41) is 11.7. The van der Waals surface area contributed by atoms with Crippen LogP contribution in [0, 0.1) is 13.8 Å². The van der Waals surface area contributed by atoms with Crippen molar-refractivity contribution >= 4 is 0 Å². The van der Waals surface area contributed by atoms with E-state index in [0.717, 1.165) is 23.4 Å². The van der Waals surface area contributed by atoms with E-state index < -0.39 is 0 Å². The Kier molecular flexibility index (Phi) is 6.72. The lowest BCUT2D eigenvalue weighted by molar-refractivity contribution is 0.0702. The van der Waals surface area contributed by atoms with Gasteiger partial charge in [0, 0.05) is 6.54 Å². The zero-order chi connectivity index (χ0) is 13.4. The fourth-order valence-corrected chi connectivity index (χ4v) is 1.94. The Hall–Kier alpha value is -1.10. The third kappa shape index (κ3) is 4.64. The van der Waals surface area contributed by atoms with Gasteiger partial charge in [0.05, 0.1) is 19.8 Å². The first-order valence-corrected chi connectivity index (χ1v) is 6.25. The van der Waals surface area contributed by atoms with E-state index in [0.29, 0.717) is 19.8 Å². The molecule has 0 aliphatic heterocycles. The van der Waals surface area contributed by atoms with Crippen LogP contribution in [0.4, 0.5) is 0 Å². The number of rotatable bonds is 8. The maximum atomic E-state index is 8.58. The van der Waals surface area contributed by atoms with Crippen molar-refractivity contribution in [3.63, 3.8) is 0 Å². The minimum Gasteiger partial charge on any atom is -0.491 e. The number of aryl methyl sites for hydroxylation is 2. The molecule has 1 aromatic carbocycles. The average Bonchev–Trinajstić information content (AvgIpc) is 2.32. The van der Waals surface area contributed by atoms with Crippen molar-refractivity contribution in [1.29, 1.82) is 0 Å². The molecule has 4 heteroatoms. The van der Waals surface area contributed by atoms with Gasteiger partial charge in [0.25, 0.3) is 0 Å². The number of ether oxygens (including phenoxy) is 2. The number of aliphatic hydroxyl groups is 1. The fourth-order valence-electron chi connectivity index (χ4n) is 1.94. The highest BCUT2D eigenvalue weighted by Gasteiger charge is 2.06. The third-order valence-electron chi connectivity index (χ3n) is 2.61. The molecule has 18 heavy (non-hydrogen) atoms. The third-order valence-corrected chi connectivity index (χ3v) is 2.61. The molecule has 2 N–H and O–H groups in total. The molecule has 0 radical (unpaired) electrons. The minimum atomic E-state index is 0.0524. The molecule has 1 aromatic rings. The van der Waals surface area contributed by atoms with Gasteiger partial charge in [-0.3, -0.25) is 0 Å². The number of nitrogens with one attached hydrogen (secondary N) is 1. The zero-order valence-electron chi connectivity index (χ0n) is 11.5. The Morgan fingerprint density at radius 2 is 1.78 bits per heavy atom. The van der Waals surface area contributed by atoms with E-state index in [1.165, 1.54) is 5.56 Å². The van der Waals surface area contributed by atoms with Gasteiger partial charge >= 0.3 is 0 Å². The second-order valence-corrected chi connectivity index (χ2v) is 4.27. The number of hydrogen-bond donors (Lipinski definition) is 2. The fraction of sp³-hybridized carbons (Fsp3) is 0.571. The maximum Gasteiger partial charge on any atom is 0.125 e. The van der Waals surface area contributed by atoms with Gasteiger partial charge < -0.3 is 19.9 Å². The summed E-state index contributed by atoms with van der Waals surface area (Å²) >= 11 is 0. The standard InChI is InChI=1S/C14H23NO3/c1-11-8-13(10-15-3)9-12(2)14(11)18-7-6-17-5-4-16/h8-9,15-16H,4-7,10H2,1-3H3. The Bertz CT molecular complexity index is 343. The topological polar surface area (TPSA) is 50.7 Å². The van der Waals surface area contributed by atoms with E-state index in [1.54, 1.807) is 0 Å².